The van der Waals surface area contributed by atoms with Gasteiger partial charge in [0.2, 0.25) is 0 Å². The van der Waals surface area contributed by atoms with Crippen LogP contribution in [-0.4, -0.2) is 44.8 Å². The maximum absolute atomic E-state index is 5.89. The fourth-order valence-electron chi connectivity index (χ4n) is 2.83. The second kappa shape index (κ2) is 6.61. The van der Waals surface area contributed by atoms with Crippen LogP contribution in [0.5, 0.6) is 0 Å². The van der Waals surface area contributed by atoms with Gasteiger partial charge >= 0.3 is 0 Å². The Morgan fingerprint density at radius 1 is 1.08 bits per heavy atom. The molecule has 0 aliphatic carbocycles. The smallest absolute Gasteiger partial charge is 0.181 e. The number of ether oxygens (including phenoxy) is 1. The third kappa shape index (κ3) is 4.03. The van der Waals surface area contributed by atoms with E-state index in [-0.39, 0.29) is 16.9 Å². The van der Waals surface area contributed by atoms with Gasteiger partial charge in [0.15, 0.2) is 5.82 Å². The summed E-state index contributed by atoms with van der Waals surface area (Å²) in [5.74, 6) is 3.33. The minimum Gasteiger partial charge on any atom is -0.366 e. The van der Waals surface area contributed by atoms with Gasteiger partial charge in [0, 0.05) is 23.4 Å². The second-order valence-electron chi connectivity index (χ2n) is 9.02. The molecule has 1 aliphatic heterocycles. The van der Waals surface area contributed by atoms with Crippen LogP contribution in [0.3, 0.4) is 0 Å². The van der Waals surface area contributed by atoms with E-state index >= 15 is 0 Å². The van der Waals surface area contributed by atoms with Gasteiger partial charge in [0.05, 0.1) is 18.8 Å². The van der Waals surface area contributed by atoms with E-state index in [2.05, 4.69) is 67.7 Å². The summed E-state index contributed by atoms with van der Waals surface area (Å²) < 4.78 is 5.89. The highest BCUT2D eigenvalue weighted by Gasteiger charge is 2.29. The van der Waals surface area contributed by atoms with Crippen LogP contribution in [0.25, 0.3) is 0 Å². The van der Waals surface area contributed by atoms with Crippen molar-refractivity contribution in [1.29, 1.82) is 0 Å². The SMILES string of the molecule is Cc1nc([C@H]2CN(c3cc(C(C)(C)C)nc(C(C)(C)C)n3)CCO2)n[nH]1. The van der Waals surface area contributed by atoms with E-state index in [1.165, 1.54) is 0 Å². The van der Waals surface area contributed by atoms with Crippen molar-refractivity contribution in [1.82, 2.24) is 25.1 Å². The molecule has 3 rings (SSSR count). The number of rotatable bonds is 2. The summed E-state index contributed by atoms with van der Waals surface area (Å²) in [4.78, 5) is 16.4. The summed E-state index contributed by atoms with van der Waals surface area (Å²) in [5, 5.41) is 7.15. The average Bonchev–Trinajstić information content (AvgIpc) is 2.99. The molecular weight excluding hydrogens is 328 g/mol. The number of hydrogen-bond acceptors (Lipinski definition) is 6. The Morgan fingerprint density at radius 2 is 1.81 bits per heavy atom. The van der Waals surface area contributed by atoms with Crippen LogP contribution in [0.2, 0.25) is 0 Å². The van der Waals surface area contributed by atoms with E-state index in [1.54, 1.807) is 0 Å². The molecule has 3 heterocycles. The molecule has 1 aliphatic rings. The molecule has 0 unspecified atom stereocenters. The number of aryl methyl sites for hydroxylation is 1. The van der Waals surface area contributed by atoms with Crippen molar-refractivity contribution in [3.63, 3.8) is 0 Å². The number of anilines is 1. The van der Waals surface area contributed by atoms with Gasteiger partial charge in [-0.05, 0) is 6.92 Å². The highest BCUT2D eigenvalue weighted by atomic mass is 16.5. The number of aromatic amines is 1. The molecule has 1 atom stereocenters. The van der Waals surface area contributed by atoms with Gasteiger partial charge < -0.3 is 9.64 Å². The summed E-state index contributed by atoms with van der Waals surface area (Å²) in [6, 6.07) is 2.11. The van der Waals surface area contributed by atoms with E-state index in [1.807, 2.05) is 6.92 Å². The van der Waals surface area contributed by atoms with Gasteiger partial charge in [0.1, 0.15) is 23.6 Å². The number of H-pyrrole nitrogens is 1. The number of hydrogen-bond donors (Lipinski definition) is 1. The highest BCUT2D eigenvalue weighted by molar-refractivity contribution is 5.43. The number of aromatic nitrogens is 5. The zero-order valence-electron chi connectivity index (χ0n) is 16.9. The first-order valence-electron chi connectivity index (χ1n) is 9.19. The van der Waals surface area contributed by atoms with Crippen molar-refractivity contribution in [2.75, 3.05) is 24.6 Å². The van der Waals surface area contributed by atoms with Crippen LogP contribution in [0.1, 0.15) is 70.8 Å². The van der Waals surface area contributed by atoms with Gasteiger partial charge in [-0.25, -0.2) is 15.0 Å². The van der Waals surface area contributed by atoms with Crippen molar-refractivity contribution in [2.45, 2.75) is 65.4 Å². The molecule has 7 nitrogen and oxygen atoms in total. The standard InChI is InChI=1S/C19H30N6O/c1-12-20-16(24-23-12)13-11-25(8-9-26-13)15-10-14(18(2,3)4)21-17(22-15)19(5,6)7/h10,13H,8-9,11H2,1-7H3,(H,20,23,24)/t13-/m1/s1. The molecule has 1 saturated heterocycles. The van der Waals surface area contributed by atoms with Crippen molar-refractivity contribution >= 4 is 5.82 Å². The molecule has 0 radical (unpaired) electrons. The molecule has 1 fully saturated rings. The Labute approximate surface area is 155 Å². The lowest BCUT2D eigenvalue weighted by molar-refractivity contribution is 0.0339. The summed E-state index contributed by atoms with van der Waals surface area (Å²) in [7, 11) is 0. The third-order valence-corrected chi connectivity index (χ3v) is 4.44. The Hall–Kier alpha value is -2.02. The summed E-state index contributed by atoms with van der Waals surface area (Å²) in [6.45, 7) is 17.0. The van der Waals surface area contributed by atoms with Crippen LogP contribution in [-0.2, 0) is 15.6 Å². The summed E-state index contributed by atoms with van der Waals surface area (Å²) >= 11 is 0. The quantitative estimate of drug-likeness (QED) is 0.889. The fourth-order valence-corrected chi connectivity index (χ4v) is 2.83. The lowest BCUT2D eigenvalue weighted by Crippen LogP contribution is -2.40. The molecule has 1 N–H and O–H groups in total. The van der Waals surface area contributed by atoms with E-state index in [0.29, 0.717) is 19.0 Å². The van der Waals surface area contributed by atoms with Crippen molar-refractivity contribution < 1.29 is 4.74 Å². The van der Waals surface area contributed by atoms with E-state index < -0.39 is 0 Å². The predicted octanol–water partition coefficient (Wildman–Crippen LogP) is 3.08. The predicted molar refractivity (Wildman–Crippen MR) is 101 cm³/mol. The zero-order chi connectivity index (χ0) is 19.1. The van der Waals surface area contributed by atoms with Gasteiger partial charge in [0.25, 0.3) is 0 Å². The lowest BCUT2D eigenvalue weighted by Gasteiger charge is -2.34. The van der Waals surface area contributed by atoms with Gasteiger partial charge in [-0.1, -0.05) is 41.5 Å². The van der Waals surface area contributed by atoms with Crippen molar-refractivity contribution in [3.05, 3.63) is 29.2 Å². The number of nitrogens with one attached hydrogen (secondary N) is 1. The van der Waals surface area contributed by atoms with Crippen molar-refractivity contribution in [3.8, 4) is 0 Å². The fraction of sp³-hybridized carbons (Fsp3) is 0.684. The maximum atomic E-state index is 5.89. The minimum atomic E-state index is -0.153. The molecule has 0 amide bonds. The maximum Gasteiger partial charge on any atom is 0.181 e. The normalized spacial score (nSPS) is 19.0. The molecule has 0 spiro atoms. The Morgan fingerprint density at radius 3 is 2.38 bits per heavy atom. The Kier molecular flexibility index (Phi) is 4.77. The third-order valence-electron chi connectivity index (χ3n) is 4.44. The largest absolute Gasteiger partial charge is 0.366 e. The lowest BCUT2D eigenvalue weighted by atomic mass is 9.90. The van der Waals surface area contributed by atoms with Crippen LogP contribution in [0, 0.1) is 6.92 Å². The first kappa shape index (κ1) is 18.8. The molecule has 26 heavy (non-hydrogen) atoms. The zero-order valence-corrected chi connectivity index (χ0v) is 16.9. The van der Waals surface area contributed by atoms with Crippen LogP contribution < -0.4 is 4.90 Å². The molecule has 2 aromatic rings. The Bertz CT molecular complexity index is 739. The molecule has 2 aromatic heterocycles. The summed E-state index contributed by atoms with van der Waals surface area (Å²) in [5.41, 5.74) is 0.913. The minimum absolute atomic E-state index is 0.0375. The van der Waals surface area contributed by atoms with E-state index in [9.17, 15) is 0 Å². The number of morpholine rings is 1. The van der Waals surface area contributed by atoms with Crippen LogP contribution in [0.15, 0.2) is 6.07 Å². The monoisotopic (exact) mass is 358 g/mol. The van der Waals surface area contributed by atoms with E-state index in [0.717, 1.165) is 29.7 Å². The van der Waals surface area contributed by atoms with Crippen LogP contribution >= 0.6 is 0 Å². The Balaban J connectivity index is 1.94. The molecule has 0 saturated carbocycles. The van der Waals surface area contributed by atoms with Gasteiger partial charge in [-0.2, -0.15) is 5.10 Å². The molecule has 0 aromatic carbocycles. The second-order valence-corrected chi connectivity index (χ2v) is 9.02. The topological polar surface area (TPSA) is 79.8 Å². The molecule has 142 valence electrons. The van der Waals surface area contributed by atoms with Crippen molar-refractivity contribution in [2.24, 2.45) is 0 Å². The van der Waals surface area contributed by atoms with Crippen LogP contribution in [0.4, 0.5) is 5.82 Å². The molecule has 7 heteroatoms. The number of nitrogens with zero attached hydrogens (tertiary/aromatic N) is 5. The van der Waals surface area contributed by atoms with Gasteiger partial charge in [-0.3, -0.25) is 5.10 Å². The average molecular weight is 358 g/mol. The molecular formula is C19H30N6O. The summed E-state index contributed by atoms with van der Waals surface area (Å²) in [6.07, 6.45) is -0.153. The van der Waals surface area contributed by atoms with Gasteiger partial charge in [-0.15, -0.1) is 0 Å². The molecule has 0 bridgehead atoms. The first-order chi connectivity index (χ1) is 12.0. The van der Waals surface area contributed by atoms with E-state index in [4.69, 9.17) is 14.7 Å². The first-order valence-corrected chi connectivity index (χ1v) is 9.19. The highest BCUT2D eigenvalue weighted by Crippen LogP contribution is 2.30.